The molecule has 0 saturated heterocycles. The van der Waals surface area contributed by atoms with Crippen molar-refractivity contribution in [2.24, 2.45) is 0 Å². The molecule has 1 atom stereocenters. The van der Waals surface area contributed by atoms with Gasteiger partial charge in [-0.3, -0.25) is 10.1 Å². The predicted molar refractivity (Wildman–Crippen MR) is 64.9 cm³/mol. The maximum absolute atomic E-state index is 11.2. The molecule has 2 N–H and O–H groups in total. The zero-order chi connectivity index (χ0) is 13.0. The van der Waals surface area contributed by atoms with Crippen LogP contribution in [0.2, 0.25) is 0 Å². The number of carbonyl (C=O) groups is 1. The summed E-state index contributed by atoms with van der Waals surface area (Å²) in [5.41, 5.74) is 1.40. The normalized spacial score (nSPS) is 12.3. The Morgan fingerprint density at radius 2 is 2.17 bits per heavy atom. The molecule has 5 heteroatoms. The minimum Gasteiger partial charge on any atom is -0.480 e. The van der Waals surface area contributed by atoms with Crippen LogP contribution in [0, 0.1) is 6.92 Å². The molecule has 2 rings (SSSR count). The molecule has 0 fully saturated rings. The number of aryl methyl sites for hydroxylation is 1. The van der Waals surface area contributed by atoms with E-state index >= 15 is 0 Å². The van der Waals surface area contributed by atoms with E-state index in [0.29, 0.717) is 23.6 Å². The Kier molecular flexibility index (Phi) is 3.74. The molecule has 1 aromatic heterocycles. The summed E-state index contributed by atoms with van der Waals surface area (Å²) in [5.74, 6) is -0.209. The number of hydrogen-bond donors (Lipinski definition) is 2. The second-order valence-corrected chi connectivity index (χ2v) is 3.99. The van der Waals surface area contributed by atoms with Gasteiger partial charge >= 0.3 is 5.97 Å². The standard InChI is InChI=1S/C13H14N2O3/c1-9-7-11(15-18-9)8-14-12(13(16)17)10-5-3-2-4-6-10/h2-7,12,14H,8H2,1H3,(H,16,17). The minimum absolute atomic E-state index is 0.350. The summed E-state index contributed by atoms with van der Waals surface area (Å²) in [4.78, 5) is 11.2. The molecule has 0 saturated carbocycles. The van der Waals surface area contributed by atoms with Crippen molar-refractivity contribution in [1.29, 1.82) is 0 Å². The van der Waals surface area contributed by atoms with Crippen molar-refractivity contribution in [1.82, 2.24) is 10.5 Å². The lowest BCUT2D eigenvalue weighted by Gasteiger charge is -2.13. The van der Waals surface area contributed by atoms with Crippen LogP contribution in [0.4, 0.5) is 0 Å². The van der Waals surface area contributed by atoms with Crippen molar-refractivity contribution >= 4 is 5.97 Å². The fourth-order valence-electron chi connectivity index (χ4n) is 1.70. The van der Waals surface area contributed by atoms with Crippen molar-refractivity contribution in [2.75, 3.05) is 0 Å². The van der Waals surface area contributed by atoms with Gasteiger partial charge in [0.1, 0.15) is 11.8 Å². The molecule has 0 bridgehead atoms. The molecule has 5 nitrogen and oxygen atoms in total. The summed E-state index contributed by atoms with van der Waals surface area (Å²) in [5, 5.41) is 16.0. The number of hydrogen-bond acceptors (Lipinski definition) is 4. The van der Waals surface area contributed by atoms with Gasteiger partial charge in [0.2, 0.25) is 0 Å². The van der Waals surface area contributed by atoms with Crippen LogP contribution in [0.1, 0.15) is 23.1 Å². The summed E-state index contributed by atoms with van der Waals surface area (Å²) in [6.45, 7) is 2.14. The molecule has 2 aromatic rings. The Morgan fingerprint density at radius 1 is 1.44 bits per heavy atom. The number of aliphatic carboxylic acids is 1. The van der Waals surface area contributed by atoms with Crippen LogP contribution in [0.15, 0.2) is 40.9 Å². The van der Waals surface area contributed by atoms with Gasteiger partial charge in [0.05, 0.1) is 5.69 Å². The van der Waals surface area contributed by atoms with Gasteiger partial charge < -0.3 is 9.63 Å². The van der Waals surface area contributed by atoms with E-state index in [9.17, 15) is 9.90 Å². The van der Waals surface area contributed by atoms with E-state index in [0.717, 1.165) is 0 Å². The molecule has 18 heavy (non-hydrogen) atoms. The topological polar surface area (TPSA) is 75.4 Å². The second-order valence-electron chi connectivity index (χ2n) is 3.99. The van der Waals surface area contributed by atoms with Crippen molar-refractivity contribution < 1.29 is 14.4 Å². The highest BCUT2D eigenvalue weighted by Crippen LogP contribution is 2.13. The van der Waals surface area contributed by atoms with E-state index in [1.807, 2.05) is 18.2 Å². The number of benzene rings is 1. The van der Waals surface area contributed by atoms with Gasteiger partial charge in [0.25, 0.3) is 0 Å². The smallest absolute Gasteiger partial charge is 0.325 e. The zero-order valence-electron chi connectivity index (χ0n) is 9.96. The molecule has 0 aliphatic heterocycles. The lowest BCUT2D eigenvalue weighted by molar-refractivity contribution is -0.139. The Morgan fingerprint density at radius 3 is 2.72 bits per heavy atom. The van der Waals surface area contributed by atoms with E-state index in [2.05, 4.69) is 10.5 Å². The number of aromatic nitrogens is 1. The molecule has 1 heterocycles. The van der Waals surface area contributed by atoms with Crippen LogP contribution >= 0.6 is 0 Å². The molecule has 1 aromatic carbocycles. The average molecular weight is 246 g/mol. The third-order valence-electron chi connectivity index (χ3n) is 2.54. The number of carboxylic acid groups (broad SMARTS) is 1. The van der Waals surface area contributed by atoms with Crippen LogP contribution in [0.25, 0.3) is 0 Å². The Bertz CT molecular complexity index is 522. The zero-order valence-corrected chi connectivity index (χ0v) is 9.96. The van der Waals surface area contributed by atoms with E-state index in [1.54, 1.807) is 25.1 Å². The van der Waals surface area contributed by atoms with Gasteiger partial charge in [-0.25, -0.2) is 0 Å². The fraction of sp³-hybridized carbons (Fsp3) is 0.231. The molecule has 1 unspecified atom stereocenters. The predicted octanol–water partition coefficient (Wildman–Crippen LogP) is 1.90. The first-order valence-electron chi connectivity index (χ1n) is 5.60. The molecular weight excluding hydrogens is 232 g/mol. The van der Waals surface area contributed by atoms with Crippen molar-refractivity contribution in [2.45, 2.75) is 19.5 Å². The second kappa shape index (κ2) is 5.46. The number of nitrogens with zero attached hydrogens (tertiary/aromatic N) is 1. The van der Waals surface area contributed by atoms with Crippen LogP contribution in [0.3, 0.4) is 0 Å². The monoisotopic (exact) mass is 246 g/mol. The Hall–Kier alpha value is -2.14. The molecule has 0 aliphatic carbocycles. The van der Waals surface area contributed by atoms with E-state index < -0.39 is 12.0 Å². The van der Waals surface area contributed by atoms with Crippen LogP contribution < -0.4 is 5.32 Å². The lowest BCUT2D eigenvalue weighted by atomic mass is 10.1. The molecule has 94 valence electrons. The fourth-order valence-corrected chi connectivity index (χ4v) is 1.70. The average Bonchev–Trinajstić information content (AvgIpc) is 2.76. The summed E-state index contributed by atoms with van der Waals surface area (Å²) < 4.78 is 4.93. The van der Waals surface area contributed by atoms with Gasteiger partial charge in [-0.15, -0.1) is 0 Å². The maximum atomic E-state index is 11.2. The summed E-state index contributed by atoms with van der Waals surface area (Å²) in [6, 6.07) is 10.1. The maximum Gasteiger partial charge on any atom is 0.325 e. The van der Waals surface area contributed by atoms with E-state index in [1.165, 1.54) is 0 Å². The van der Waals surface area contributed by atoms with E-state index in [4.69, 9.17) is 4.52 Å². The van der Waals surface area contributed by atoms with Gasteiger partial charge in [-0.05, 0) is 12.5 Å². The van der Waals surface area contributed by atoms with Gasteiger partial charge in [-0.2, -0.15) is 0 Å². The Labute approximate surface area is 104 Å². The van der Waals surface area contributed by atoms with Crippen LogP contribution in [-0.2, 0) is 11.3 Å². The first-order chi connectivity index (χ1) is 8.66. The van der Waals surface area contributed by atoms with Crippen molar-refractivity contribution in [3.05, 3.63) is 53.4 Å². The molecule has 0 amide bonds. The number of carboxylic acids is 1. The first kappa shape index (κ1) is 12.3. The van der Waals surface area contributed by atoms with Crippen molar-refractivity contribution in [3.8, 4) is 0 Å². The summed E-state index contributed by atoms with van der Waals surface area (Å²) in [6.07, 6.45) is 0. The van der Waals surface area contributed by atoms with Crippen LogP contribution in [0.5, 0.6) is 0 Å². The highest BCUT2D eigenvalue weighted by atomic mass is 16.5. The highest BCUT2D eigenvalue weighted by Gasteiger charge is 2.19. The number of nitrogens with one attached hydrogen (secondary N) is 1. The molecule has 0 aliphatic rings. The number of rotatable bonds is 5. The van der Waals surface area contributed by atoms with Crippen molar-refractivity contribution in [3.63, 3.8) is 0 Å². The quantitative estimate of drug-likeness (QED) is 0.842. The summed E-state index contributed by atoms with van der Waals surface area (Å²) >= 11 is 0. The highest BCUT2D eigenvalue weighted by molar-refractivity contribution is 5.75. The molecule has 0 radical (unpaired) electrons. The molecule has 0 spiro atoms. The third-order valence-corrected chi connectivity index (χ3v) is 2.54. The van der Waals surface area contributed by atoms with Gasteiger partial charge in [0.15, 0.2) is 0 Å². The minimum atomic E-state index is -0.915. The largest absolute Gasteiger partial charge is 0.480 e. The van der Waals surface area contributed by atoms with Gasteiger partial charge in [-0.1, -0.05) is 35.5 Å². The van der Waals surface area contributed by atoms with Crippen LogP contribution in [-0.4, -0.2) is 16.2 Å². The third kappa shape index (κ3) is 2.95. The molecular formula is C13H14N2O3. The van der Waals surface area contributed by atoms with Gasteiger partial charge in [0, 0.05) is 12.6 Å². The SMILES string of the molecule is Cc1cc(CNC(C(=O)O)c2ccccc2)no1. The Balaban J connectivity index is 2.06. The summed E-state index contributed by atoms with van der Waals surface area (Å²) in [7, 11) is 0. The first-order valence-corrected chi connectivity index (χ1v) is 5.60. The van der Waals surface area contributed by atoms with E-state index in [-0.39, 0.29) is 0 Å². The lowest BCUT2D eigenvalue weighted by Crippen LogP contribution is -2.28.